The fourth-order valence-corrected chi connectivity index (χ4v) is 3.99. The Kier molecular flexibility index (Phi) is 4.37. The van der Waals surface area contributed by atoms with Crippen molar-refractivity contribution in [3.8, 4) is 0 Å². The number of aromatic amines is 1. The molecule has 0 bridgehead atoms. The summed E-state index contributed by atoms with van der Waals surface area (Å²) in [5, 5.41) is -0.782. The molecule has 1 atom stereocenters. The summed E-state index contributed by atoms with van der Waals surface area (Å²) in [6, 6.07) is 8.32. The second-order valence-electron chi connectivity index (χ2n) is 4.89. The molecule has 1 aromatic carbocycles. The van der Waals surface area contributed by atoms with Crippen molar-refractivity contribution < 1.29 is 8.42 Å². The van der Waals surface area contributed by atoms with Gasteiger partial charge in [0.2, 0.25) is 0 Å². The topological polar surface area (TPSA) is 71.9 Å². The number of imidazole rings is 1. The Morgan fingerprint density at radius 3 is 2.33 bits per heavy atom. The van der Waals surface area contributed by atoms with Gasteiger partial charge < -0.3 is 4.98 Å². The molecule has 0 aliphatic heterocycles. The van der Waals surface area contributed by atoms with Crippen LogP contribution >= 0.6 is 0 Å². The van der Waals surface area contributed by atoms with E-state index >= 15 is 0 Å². The van der Waals surface area contributed by atoms with E-state index in [9.17, 15) is 13.2 Å². The molecule has 2 rings (SSSR count). The van der Waals surface area contributed by atoms with E-state index in [1.165, 1.54) is 0 Å². The minimum absolute atomic E-state index is 0.250. The summed E-state index contributed by atoms with van der Waals surface area (Å²) in [7, 11) is -3.52. The average Bonchev–Trinajstić information content (AvgIpc) is 2.82. The first-order valence-electron chi connectivity index (χ1n) is 7.04. The molecule has 0 fully saturated rings. The first-order valence-corrected chi connectivity index (χ1v) is 8.58. The van der Waals surface area contributed by atoms with Crippen LogP contribution in [0.2, 0.25) is 0 Å². The molecule has 0 aliphatic rings. The highest BCUT2D eigenvalue weighted by atomic mass is 32.2. The molecule has 0 spiro atoms. The van der Waals surface area contributed by atoms with E-state index < -0.39 is 15.1 Å². The van der Waals surface area contributed by atoms with E-state index in [1.807, 2.05) is 13.8 Å². The number of nitrogens with zero attached hydrogens (tertiary/aromatic N) is 1. The molecule has 6 heteroatoms. The molecule has 0 saturated heterocycles. The molecule has 0 saturated carbocycles. The highest BCUT2D eigenvalue weighted by Gasteiger charge is 2.29. The predicted octanol–water partition coefficient (Wildman–Crippen LogP) is 2.29. The van der Waals surface area contributed by atoms with Gasteiger partial charge in [-0.05, 0) is 32.4 Å². The van der Waals surface area contributed by atoms with E-state index in [4.69, 9.17) is 0 Å². The van der Waals surface area contributed by atoms with Gasteiger partial charge in [0.25, 0.3) is 0 Å². The summed E-state index contributed by atoms with van der Waals surface area (Å²) in [6.07, 6.45) is 0.608. The van der Waals surface area contributed by atoms with Crippen molar-refractivity contribution in [3.05, 3.63) is 52.2 Å². The largest absolute Gasteiger partial charge is 0.325 e. The van der Waals surface area contributed by atoms with Crippen molar-refractivity contribution in [1.82, 2.24) is 9.55 Å². The maximum absolute atomic E-state index is 12.7. The summed E-state index contributed by atoms with van der Waals surface area (Å²) in [5.41, 5.74) is 1.00. The number of nitrogens with one attached hydrogen (secondary N) is 1. The lowest BCUT2D eigenvalue weighted by Crippen LogP contribution is -2.17. The van der Waals surface area contributed by atoms with Crippen molar-refractivity contribution in [2.75, 3.05) is 0 Å². The Bertz CT molecular complexity index is 773. The summed E-state index contributed by atoms with van der Waals surface area (Å²) < 4.78 is 26.9. The number of sulfone groups is 1. The van der Waals surface area contributed by atoms with Gasteiger partial charge in [0.15, 0.2) is 9.84 Å². The van der Waals surface area contributed by atoms with Crippen molar-refractivity contribution in [1.29, 1.82) is 0 Å². The van der Waals surface area contributed by atoms with Crippen LogP contribution in [-0.2, 0) is 22.8 Å². The molecule has 1 aromatic heterocycles. The molecular formula is C15H20N2O3S. The molecular weight excluding hydrogens is 288 g/mol. The highest BCUT2D eigenvalue weighted by Crippen LogP contribution is 2.29. The second-order valence-corrected chi connectivity index (χ2v) is 7.16. The van der Waals surface area contributed by atoms with Crippen LogP contribution in [0.3, 0.4) is 0 Å². The van der Waals surface area contributed by atoms with Crippen molar-refractivity contribution >= 4 is 9.84 Å². The van der Waals surface area contributed by atoms with Gasteiger partial charge in [0.05, 0.1) is 10.6 Å². The van der Waals surface area contributed by atoms with Crippen LogP contribution in [0, 0.1) is 0 Å². The van der Waals surface area contributed by atoms with Crippen LogP contribution in [0.15, 0.2) is 40.0 Å². The summed E-state index contributed by atoms with van der Waals surface area (Å²) in [4.78, 5) is 14.9. The van der Waals surface area contributed by atoms with Crippen molar-refractivity contribution in [3.63, 3.8) is 0 Å². The Balaban J connectivity index is 2.55. The third-order valence-electron chi connectivity index (χ3n) is 3.72. The number of hydrogen-bond donors (Lipinski definition) is 1. The molecule has 1 N–H and O–H groups in total. The first kappa shape index (κ1) is 15.6. The van der Waals surface area contributed by atoms with Crippen LogP contribution in [0.5, 0.6) is 0 Å². The summed E-state index contributed by atoms with van der Waals surface area (Å²) in [6.45, 7) is 5.93. The number of rotatable bonds is 5. The third-order valence-corrected chi connectivity index (χ3v) is 5.81. The van der Waals surface area contributed by atoms with Crippen LogP contribution in [-0.4, -0.2) is 18.0 Å². The van der Waals surface area contributed by atoms with Gasteiger partial charge in [0.1, 0.15) is 5.25 Å². The first-order chi connectivity index (χ1) is 9.93. The van der Waals surface area contributed by atoms with E-state index in [-0.39, 0.29) is 10.6 Å². The second kappa shape index (κ2) is 5.89. The number of benzene rings is 1. The van der Waals surface area contributed by atoms with E-state index in [0.717, 1.165) is 5.69 Å². The smallest absolute Gasteiger partial charge is 0.308 e. The molecule has 0 amide bonds. The van der Waals surface area contributed by atoms with Gasteiger partial charge >= 0.3 is 5.69 Å². The van der Waals surface area contributed by atoms with Crippen molar-refractivity contribution in [2.24, 2.45) is 0 Å². The number of hydrogen-bond acceptors (Lipinski definition) is 3. The van der Waals surface area contributed by atoms with Gasteiger partial charge in [0, 0.05) is 12.2 Å². The quantitative estimate of drug-likeness (QED) is 0.921. The Morgan fingerprint density at radius 2 is 1.81 bits per heavy atom. The molecule has 2 aromatic rings. The predicted molar refractivity (Wildman–Crippen MR) is 82.1 cm³/mol. The lowest BCUT2D eigenvalue weighted by atomic mass is 10.2. The minimum Gasteiger partial charge on any atom is -0.308 e. The minimum atomic E-state index is -3.52. The van der Waals surface area contributed by atoms with Crippen LogP contribution in [0.4, 0.5) is 0 Å². The fraction of sp³-hybridized carbons (Fsp3) is 0.400. The molecule has 0 radical (unpaired) electrons. The SMILES string of the molecule is CCc1c([C@@H](C)S(=O)(=O)c2ccccc2)[nH]c(=O)n1CC. The zero-order valence-corrected chi connectivity index (χ0v) is 13.3. The van der Waals surface area contributed by atoms with Gasteiger partial charge in [-0.15, -0.1) is 0 Å². The Labute approximate surface area is 124 Å². The normalized spacial score (nSPS) is 13.3. The molecule has 21 heavy (non-hydrogen) atoms. The van der Waals surface area contributed by atoms with Crippen LogP contribution in [0.1, 0.15) is 37.4 Å². The maximum atomic E-state index is 12.7. The monoisotopic (exact) mass is 308 g/mol. The van der Waals surface area contributed by atoms with Gasteiger partial charge in [-0.1, -0.05) is 25.1 Å². The maximum Gasteiger partial charge on any atom is 0.325 e. The fourth-order valence-electron chi connectivity index (χ4n) is 2.54. The zero-order chi connectivity index (χ0) is 15.6. The number of aromatic nitrogens is 2. The van der Waals surface area contributed by atoms with Gasteiger partial charge in [-0.2, -0.15) is 0 Å². The molecule has 114 valence electrons. The molecule has 5 nitrogen and oxygen atoms in total. The van der Waals surface area contributed by atoms with Gasteiger partial charge in [-0.25, -0.2) is 13.2 Å². The summed E-state index contributed by atoms with van der Waals surface area (Å²) in [5.74, 6) is 0. The number of H-pyrrole nitrogens is 1. The summed E-state index contributed by atoms with van der Waals surface area (Å²) >= 11 is 0. The van der Waals surface area contributed by atoms with E-state index in [1.54, 1.807) is 41.8 Å². The lowest BCUT2D eigenvalue weighted by molar-refractivity contribution is 0.584. The Hall–Kier alpha value is -1.82. The lowest BCUT2D eigenvalue weighted by Gasteiger charge is -2.14. The van der Waals surface area contributed by atoms with Crippen LogP contribution in [0.25, 0.3) is 0 Å². The van der Waals surface area contributed by atoms with Crippen molar-refractivity contribution in [2.45, 2.75) is 43.9 Å². The molecule has 0 unspecified atom stereocenters. The van der Waals surface area contributed by atoms with Crippen LogP contribution < -0.4 is 5.69 Å². The third kappa shape index (κ3) is 2.68. The highest BCUT2D eigenvalue weighted by molar-refractivity contribution is 7.91. The molecule has 0 aliphatic carbocycles. The molecule has 1 heterocycles. The van der Waals surface area contributed by atoms with E-state index in [2.05, 4.69) is 4.98 Å². The standard InChI is InChI=1S/C15H20N2O3S/c1-4-13-14(16-15(18)17(13)5-2)11(3)21(19,20)12-9-7-6-8-10-12/h6-11H,4-5H2,1-3H3,(H,16,18)/t11-/m1/s1. The van der Waals surface area contributed by atoms with Gasteiger partial charge in [-0.3, -0.25) is 4.57 Å². The Morgan fingerprint density at radius 1 is 1.19 bits per heavy atom. The average molecular weight is 308 g/mol. The zero-order valence-electron chi connectivity index (χ0n) is 12.5. The van der Waals surface area contributed by atoms with E-state index in [0.29, 0.717) is 18.7 Å².